The van der Waals surface area contributed by atoms with Crippen molar-refractivity contribution in [3.8, 4) is 0 Å². The Morgan fingerprint density at radius 3 is 2.35 bits per heavy atom. The number of anilines is 1. The molecule has 0 heterocycles. The van der Waals surface area contributed by atoms with Gasteiger partial charge >= 0.3 is 5.97 Å². The number of aliphatic carboxylic acids is 1. The maximum atomic E-state index is 11.2. The molecule has 1 atom stereocenters. The molecule has 1 amide bonds. The Morgan fingerprint density at radius 1 is 1.30 bits per heavy atom. The fourth-order valence-corrected chi connectivity index (χ4v) is 1.77. The van der Waals surface area contributed by atoms with Crippen molar-refractivity contribution in [2.45, 2.75) is 25.4 Å². The zero-order valence-corrected chi connectivity index (χ0v) is 11.8. The zero-order chi connectivity index (χ0) is 15.1. The standard InChI is InChI=1S/C14H21N3O3/c1-17(2)11-5-3-10(4-6-11)9-16-12(14(15)20)7-8-13(18)19/h3-6,12,16H,7-9H2,1-2H3,(H2,15,20)(H,18,19)/t12-/m0/s1. The second-order valence-electron chi connectivity index (χ2n) is 4.83. The van der Waals surface area contributed by atoms with Crippen LogP contribution in [-0.4, -0.2) is 37.1 Å². The quantitative estimate of drug-likeness (QED) is 0.646. The summed E-state index contributed by atoms with van der Waals surface area (Å²) in [7, 11) is 3.92. The fraction of sp³-hybridized carbons (Fsp3) is 0.429. The van der Waals surface area contributed by atoms with E-state index in [2.05, 4.69) is 5.32 Å². The fourth-order valence-electron chi connectivity index (χ4n) is 1.77. The average Bonchev–Trinajstić information content (AvgIpc) is 2.38. The number of carboxylic acids is 1. The van der Waals surface area contributed by atoms with Crippen LogP contribution in [-0.2, 0) is 16.1 Å². The maximum absolute atomic E-state index is 11.2. The third-order valence-electron chi connectivity index (χ3n) is 3.00. The second-order valence-corrected chi connectivity index (χ2v) is 4.83. The summed E-state index contributed by atoms with van der Waals surface area (Å²) in [6.07, 6.45) is 0.112. The lowest BCUT2D eigenvalue weighted by Crippen LogP contribution is -2.41. The molecule has 0 aliphatic rings. The summed E-state index contributed by atoms with van der Waals surface area (Å²) in [4.78, 5) is 23.8. The van der Waals surface area contributed by atoms with Gasteiger partial charge in [0, 0.05) is 32.7 Å². The molecule has 4 N–H and O–H groups in total. The van der Waals surface area contributed by atoms with Gasteiger partial charge in [-0.05, 0) is 24.1 Å². The number of primary amides is 1. The van der Waals surface area contributed by atoms with Crippen LogP contribution in [0.25, 0.3) is 0 Å². The van der Waals surface area contributed by atoms with Gasteiger partial charge < -0.3 is 21.1 Å². The number of hydrogen-bond donors (Lipinski definition) is 3. The van der Waals surface area contributed by atoms with Crippen molar-refractivity contribution in [2.75, 3.05) is 19.0 Å². The molecule has 0 radical (unpaired) electrons. The van der Waals surface area contributed by atoms with Gasteiger partial charge in [-0.2, -0.15) is 0 Å². The van der Waals surface area contributed by atoms with Gasteiger partial charge in [-0.1, -0.05) is 12.1 Å². The summed E-state index contributed by atoms with van der Waals surface area (Å²) in [6.45, 7) is 0.473. The van der Waals surface area contributed by atoms with Crippen LogP contribution in [0.1, 0.15) is 18.4 Å². The van der Waals surface area contributed by atoms with Gasteiger partial charge in [-0.3, -0.25) is 9.59 Å². The van der Waals surface area contributed by atoms with Gasteiger partial charge in [0.05, 0.1) is 6.04 Å². The highest BCUT2D eigenvalue weighted by molar-refractivity contribution is 5.80. The van der Waals surface area contributed by atoms with E-state index < -0.39 is 17.9 Å². The van der Waals surface area contributed by atoms with Crippen LogP contribution >= 0.6 is 0 Å². The van der Waals surface area contributed by atoms with E-state index in [-0.39, 0.29) is 12.8 Å². The molecule has 0 aliphatic heterocycles. The number of carbonyl (C=O) groups is 2. The monoisotopic (exact) mass is 279 g/mol. The van der Waals surface area contributed by atoms with E-state index in [0.717, 1.165) is 11.3 Å². The molecular weight excluding hydrogens is 258 g/mol. The summed E-state index contributed by atoms with van der Waals surface area (Å²) in [5.74, 6) is -1.47. The van der Waals surface area contributed by atoms with Crippen molar-refractivity contribution in [2.24, 2.45) is 5.73 Å². The van der Waals surface area contributed by atoms with Crippen LogP contribution in [0.15, 0.2) is 24.3 Å². The molecule has 0 unspecified atom stereocenters. The predicted molar refractivity (Wildman–Crippen MR) is 77.5 cm³/mol. The van der Waals surface area contributed by atoms with E-state index in [1.54, 1.807) is 0 Å². The molecule has 1 aromatic carbocycles. The minimum Gasteiger partial charge on any atom is -0.481 e. The molecule has 1 aromatic rings. The lowest BCUT2D eigenvalue weighted by atomic mass is 10.1. The Bertz CT molecular complexity index is 457. The number of amides is 1. The van der Waals surface area contributed by atoms with E-state index in [1.165, 1.54) is 0 Å². The summed E-state index contributed by atoms with van der Waals surface area (Å²) >= 11 is 0. The highest BCUT2D eigenvalue weighted by Gasteiger charge is 2.15. The number of hydrogen-bond acceptors (Lipinski definition) is 4. The Kier molecular flexibility index (Phi) is 5.99. The first-order valence-corrected chi connectivity index (χ1v) is 6.41. The molecule has 0 aliphatic carbocycles. The molecular formula is C14H21N3O3. The smallest absolute Gasteiger partial charge is 0.303 e. The predicted octanol–water partition coefficient (Wildman–Crippen LogP) is 0.561. The lowest BCUT2D eigenvalue weighted by molar-refractivity contribution is -0.137. The van der Waals surface area contributed by atoms with Crippen molar-refractivity contribution in [3.05, 3.63) is 29.8 Å². The summed E-state index contributed by atoms with van der Waals surface area (Å²) in [6, 6.07) is 7.25. The molecule has 0 bridgehead atoms. The van der Waals surface area contributed by atoms with Crippen molar-refractivity contribution in [1.29, 1.82) is 0 Å². The topological polar surface area (TPSA) is 95.7 Å². The summed E-state index contributed by atoms with van der Waals surface area (Å²) in [5.41, 5.74) is 7.35. The van der Waals surface area contributed by atoms with E-state index in [0.29, 0.717) is 6.54 Å². The van der Waals surface area contributed by atoms with E-state index in [9.17, 15) is 9.59 Å². The average molecular weight is 279 g/mol. The third kappa shape index (κ3) is 5.27. The van der Waals surface area contributed by atoms with E-state index in [4.69, 9.17) is 10.8 Å². The van der Waals surface area contributed by atoms with Gasteiger partial charge in [0.1, 0.15) is 0 Å². The van der Waals surface area contributed by atoms with Gasteiger partial charge in [0.25, 0.3) is 0 Å². The number of nitrogens with zero attached hydrogens (tertiary/aromatic N) is 1. The van der Waals surface area contributed by atoms with Crippen molar-refractivity contribution in [1.82, 2.24) is 5.32 Å². The highest BCUT2D eigenvalue weighted by Crippen LogP contribution is 2.12. The molecule has 0 saturated carbocycles. The van der Waals surface area contributed by atoms with Crippen LogP contribution in [0.4, 0.5) is 5.69 Å². The molecule has 6 heteroatoms. The third-order valence-corrected chi connectivity index (χ3v) is 3.00. The van der Waals surface area contributed by atoms with Crippen LogP contribution in [0.5, 0.6) is 0 Å². The molecule has 0 fully saturated rings. The van der Waals surface area contributed by atoms with E-state index in [1.807, 2.05) is 43.3 Å². The first kappa shape index (κ1) is 16.0. The van der Waals surface area contributed by atoms with Crippen molar-refractivity contribution < 1.29 is 14.7 Å². The SMILES string of the molecule is CN(C)c1ccc(CN[C@@H](CCC(=O)O)C(N)=O)cc1. The highest BCUT2D eigenvalue weighted by atomic mass is 16.4. The van der Waals surface area contributed by atoms with Crippen molar-refractivity contribution in [3.63, 3.8) is 0 Å². The number of carbonyl (C=O) groups excluding carboxylic acids is 1. The maximum Gasteiger partial charge on any atom is 0.303 e. The Morgan fingerprint density at radius 2 is 1.90 bits per heavy atom. The first-order chi connectivity index (χ1) is 9.40. The van der Waals surface area contributed by atoms with Crippen LogP contribution < -0.4 is 16.0 Å². The van der Waals surface area contributed by atoms with Gasteiger partial charge in [-0.15, -0.1) is 0 Å². The van der Waals surface area contributed by atoms with Crippen molar-refractivity contribution >= 4 is 17.6 Å². The minimum atomic E-state index is -0.937. The zero-order valence-electron chi connectivity index (χ0n) is 11.8. The molecule has 1 rings (SSSR count). The summed E-state index contributed by atoms with van der Waals surface area (Å²) < 4.78 is 0. The van der Waals surface area contributed by atoms with E-state index >= 15 is 0 Å². The normalized spacial score (nSPS) is 11.9. The molecule has 0 saturated heterocycles. The lowest BCUT2D eigenvalue weighted by Gasteiger charge is -2.16. The Balaban J connectivity index is 2.54. The second kappa shape index (κ2) is 7.49. The number of carboxylic acid groups (broad SMARTS) is 1. The number of nitrogens with two attached hydrogens (primary N) is 1. The Labute approximate surface area is 118 Å². The molecule has 6 nitrogen and oxygen atoms in total. The van der Waals surface area contributed by atoms with Crippen LogP contribution in [0.2, 0.25) is 0 Å². The van der Waals surface area contributed by atoms with Crippen LogP contribution in [0.3, 0.4) is 0 Å². The molecule has 110 valence electrons. The molecule has 20 heavy (non-hydrogen) atoms. The number of benzene rings is 1. The number of nitrogens with one attached hydrogen (secondary N) is 1. The molecule has 0 spiro atoms. The Hall–Kier alpha value is -2.08. The van der Waals surface area contributed by atoms with Gasteiger partial charge in [-0.25, -0.2) is 0 Å². The first-order valence-electron chi connectivity index (χ1n) is 6.41. The largest absolute Gasteiger partial charge is 0.481 e. The van der Waals surface area contributed by atoms with Gasteiger partial charge in [0.2, 0.25) is 5.91 Å². The van der Waals surface area contributed by atoms with Crippen LogP contribution in [0, 0.1) is 0 Å². The number of rotatable bonds is 8. The van der Waals surface area contributed by atoms with Gasteiger partial charge in [0.15, 0.2) is 0 Å². The summed E-state index contributed by atoms with van der Waals surface area (Å²) in [5, 5.41) is 11.6. The minimum absolute atomic E-state index is 0.0832. The molecule has 0 aromatic heterocycles.